The standard InChI is InChI=1S/C23H27NO4/c24-23(16-25,17-26)12-11-18-5-8-21(9-6-18)27-13-14-28-22-10-7-19-3-1-2-4-20(19)15-22/h1-10,15,25-26H,11-14,16-17,24H2. The zero-order valence-corrected chi connectivity index (χ0v) is 15.9. The highest BCUT2D eigenvalue weighted by Crippen LogP contribution is 2.21. The minimum Gasteiger partial charge on any atom is -0.490 e. The highest BCUT2D eigenvalue weighted by molar-refractivity contribution is 5.83. The second-order valence-corrected chi connectivity index (χ2v) is 7.03. The first-order chi connectivity index (χ1) is 13.6. The van der Waals surface area contributed by atoms with Crippen molar-refractivity contribution < 1.29 is 19.7 Å². The van der Waals surface area contributed by atoms with E-state index in [1.807, 2.05) is 54.6 Å². The van der Waals surface area contributed by atoms with E-state index < -0.39 is 5.54 Å². The van der Waals surface area contributed by atoms with Crippen molar-refractivity contribution in [1.82, 2.24) is 0 Å². The Labute approximate surface area is 165 Å². The van der Waals surface area contributed by atoms with Crippen LogP contribution in [-0.4, -0.2) is 42.2 Å². The first-order valence-electron chi connectivity index (χ1n) is 9.46. The van der Waals surface area contributed by atoms with Crippen LogP contribution in [-0.2, 0) is 6.42 Å². The molecule has 0 saturated carbocycles. The predicted octanol–water partition coefficient (Wildman–Crippen LogP) is 2.91. The quantitative estimate of drug-likeness (QED) is 0.470. The fourth-order valence-electron chi connectivity index (χ4n) is 2.93. The second-order valence-electron chi connectivity index (χ2n) is 7.03. The first kappa shape index (κ1) is 20.1. The highest BCUT2D eigenvalue weighted by atomic mass is 16.5. The molecule has 0 atom stereocenters. The lowest BCUT2D eigenvalue weighted by molar-refractivity contribution is 0.115. The van der Waals surface area contributed by atoms with Crippen LogP contribution in [0.1, 0.15) is 12.0 Å². The summed E-state index contributed by atoms with van der Waals surface area (Å²) in [7, 11) is 0. The van der Waals surface area contributed by atoms with Gasteiger partial charge in [-0.05, 0) is 53.4 Å². The summed E-state index contributed by atoms with van der Waals surface area (Å²) in [6.45, 7) is 0.444. The topological polar surface area (TPSA) is 84.9 Å². The van der Waals surface area contributed by atoms with Gasteiger partial charge in [-0.2, -0.15) is 0 Å². The molecule has 28 heavy (non-hydrogen) atoms. The molecule has 3 rings (SSSR count). The van der Waals surface area contributed by atoms with E-state index in [0.717, 1.165) is 22.4 Å². The summed E-state index contributed by atoms with van der Waals surface area (Å²) in [6.07, 6.45) is 1.20. The highest BCUT2D eigenvalue weighted by Gasteiger charge is 2.22. The van der Waals surface area contributed by atoms with Crippen LogP contribution < -0.4 is 15.2 Å². The van der Waals surface area contributed by atoms with Crippen molar-refractivity contribution in [3.05, 3.63) is 72.3 Å². The summed E-state index contributed by atoms with van der Waals surface area (Å²) in [5.41, 5.74) is 6.04. The van der Waals surface area contributed by atoms with Crippen LogP contribution in [0, 0.1) is 0 Å². The van der Waals surface area contributed by atoms with Gasteiger partial charge in [-0.3, -0.25) is 0 Å². The molecular formula is C23H27NO4. The molecule has 0 aliphatic heterocycles. The van der Waals surface area contributed by atoms with Gasteiger partial charge in [-0.25, -0.2) is 0 Å². The molecular weight excluding hydrogens is 354 g/mol. The normalized spacial score (nSPS) is 11.5. The minimum atomic E-state index is -0.935. The largest absolute Gasteiger partial charge is 0.490 e. The van der Waals surface area contributed by atoms with E-state index in [4.69, 9.17) is 15.2 Å². The summed E-state index contributed by atoms with van der Waals surface area (Å²) in [5, 5.41) is 20.8. The molecule has 0 fully saturated rings. The molecule has 5 heteroatoms. The fraction of sp³-hybridized carbons (Fsp3) is 0.304. The fourth-order valence-corrected chi connectivity index (χ4v) is 2.93. The van der Waals surface area contributed by atoms with Gasteiger partial charge in [0.05, 0.1) is 18.8 Å². The van der Waals surface area contributed by atoms with E-state index >= 15 is 0 Å². The van der Waals surface area contributed by atoms with Crippen molar-refractivity contribution in [1.29, 1.82) is 0 Å². The van der Waals surface area contributed by atoms with Crippen LogP contribution in [0.5, 0.6) is 11.5 Å². The van der Waals surface area contributed by atoms with Gasteiger partial charge < -0.3 is 25.4 Å². The summed E-state index contributed by atoms with van der Waals surface area (Å²) in [6, 6.07) is 22.0. The average Bonchev–Trinajstić information content (AvgIpc) is 2.75. The lowest BCUT2D eigenvalue weighted by atomic mass is 9.94. The van der Waals surface area contributed by atoms with Gasteiger partial charge in [0.2, 0.25) is 0 Å². The summed E-state index contributed by atoms with van der Waals surface area (Å²) >= 11 is 0. The molecule has 0 heterocycles. The monoisotopic (exact) mass is 381 g/mol. The molecule has 0 bridgehead atoms. The van der Waals surface area contributed by atoms with Gasteiger partial charge in [0, 0.05) is 0 Å². The predicted molar refractivity (Wildman–Crippen MR) is 111 cm³/mol. The maximum Gasteiger partial charge on any atom is 0.122 e. The number of aliphatic hydroxyl groups is 2. The van der Waals surface area contributed by atoms with E-state index in [2.05, 4.69) is 12.1 Å². The van der Waals surface area contributed by atoms with Crippen LogP contribution in [0.15, 0.2) is 66.7 Å². The van der Waals surface area contributed by atoms with Crippen LogP contribution in [0.4, 0.5) is 0 Å². The number of hydrogen-bond acceptors (Lipinski definition) is 5. The maximum absolute atomic E-state index is 9.25. The summed E-state index contributed by atoms with van der Waals surface area (Å²) < 4.78 is 11.5. The lowest BCUT2D eigenvalue weighted by Crippen LogP contribution is -2.47. The first-order valence-corrected chi connectivity index (χ1v) is 9.46. The van der Waals surface area contributed by atoms with Crippen molar-refractivity contribution in [2.45, 2.75) is 18.4 Å². The van der Waals surface area contributed by atoms with E-state index in [1.165, 1.54) is 5.39 Å². The van der Waals surface area contributed by atoms with Crippen LogP contribution in [0.2, 0.25) is 0 Å². The van der Waals surface area contributed by atoms with E-state index in [0.29, 0.717) is 26.1 Å². The average molecular weight is 381 g/mol. The third-order valence-corrected chi connectivity index (χ3v) is 4.81. The second kappa shape index (κ2) is 9.55. The van der Waals surface area contributed by atoms with E-state index in [1.54, 1.807) is 0 Å². The Hall–Kier alpha value is -2.60. The molecule has 0 saturated heterocycles. The number of aryl methyl sites for hydroxylation is 1. The molecule has 0 aromatic heterocycles. The van der Waals surface area contributed by atoms with Crippen molar-refractivity contribution >= 4 is 10.8 Å². The van der Waals surface area contributed by atoms with Crippen LogP contribution >= 0.6 is 0 Å². The van der Waals surface area contributed by atoms with Crippen LogP contribution in [0.3, 0.4) is 0 Å². The zero-order valence-electron chi connectivity index (χ0n) is 15.9. The Kier molecular flexibility index (Phi) is 6.87. The molecule has 0 aliphatic carbocycles. The van der Waals surface area contributed by atoms with Gasteiger partial charge in [0.1, 0.15) is 24.7 Å². The SMILES string of the molecule is NC(CO)(CO)CCc1ccc(OCCOc2ccc3ccccc3c2)cc1. The number of ether oxygens (including phenoxy) is 2. The summed E-state index contributed by atoms with van der Waals surface area (Å²) in [5.74, 6) is 1.60. The molecule has 0 unspecified atom stereocenters. The van der Waals surface area contributed by atoms with Crippen molar-refractivity contribution in [2.24, 2.45) is 5.73 Å². The van der Waals surface area contributed by atoms with Gasteiger partial charge in [-0.1, -0.05) is 42.5 Å². The molecule has 0 amide bonds. The Morgan fingerprint density at radius 3 is 2.04 bits per heavy atom. The van der Waals surface area contributed by atoms with Gasteiger partial charge in [0.25, 0.3) is 0 Å². The van der Waals surface area contributed by atoms with Gasteiger partial charge in [-0.15, -0.1) is 0 Å². The number of nitrogens with two attached hydrogens (primary N) is 1. The van der Waals surface area contributed by atoms with Gasteiger partial charge >= 0.3 is 0 Å². The number of fused-ring (bicyclic) bond motifs is 1. The van der Waals surface area contributed by atoms with E-state index in [9.17, 15) is 10.2 Å². The minimum absolute atomic E-state index is 0.234. The third kappa shape index (κ3) is 5.45. The Bertz CT molecular complexity index is 875. The smallest absolute Gasteiger partial charge is 0.122 e. The Morgan fingerprint density at radius 2 is 1.36 bits per heavy atom. The number of benzene rings is 3. The molecule has 0 aliphatic rings. The molecule has 0 radical (unpaired) electrons. The third-order valence-electron chi connectivity index (χ3n) is 4.81. The Balaban J connectivity index is 1.43. The zero-order chi connectivity index (χ0) is 19.8. The van der Waals surface area contributed by atoms with Crippen molar-refractivity contribution in [2.75, 3.05) is 26.4 Å². The molecule has 3 aromatic rings. The molecule has 5 nitrogen and oxygen atoms in total. The molecule has 4 N–H and O–H groups in total. The lowest BCUT2D eigenvalue weighted by Gasteiger charge is -2.24. The summed E-state index contributed by atoms with van der Waals surface area (Å²) in [4.78, 5) is 0. The van der Waals surface area contributed by atoms with Crippen molar-refractivity contribution in [3.63, 3.8) is 0 Å². The maximum atomic E-state index is 9.25. The number of hydrogen-bond donors (Lipinski definition) is 3. The molecule has 148 valence electrons. The van der Waals surface area contributed by atoms with Gasteiger partial charge in [0.15, 0.2) is 0 Å². The molecule has 0 spiro atoms. The number of rotatable bonds is 10. The number of aliphatic hydroxyl groups excluding tert-OH is 2. The van der Waals surface area contributed by atoms with Crippen LogP contribution in [0.25, 0.3) is 10.8 Å². The Morgan fingerprint density at radius 1 is 0.750 bits per heavy atom. The van der Waals surface area contributed by atoms with E-state index in [-0.39, 0.29) is 13.2 Å². The van der Waals surface area contributed by atoms with Crippen molar-refractivity contribution in [3.8, 4) is 11.5 Å². The molecule has 3 aromatic carbocycles.